The summed E-state index contributed by atoms with van der Waals surface area (Å²) in [5.41, 5.74) is 11.5. The number of carbonyl (C=O) groups excluding carboxylic acids is 2. The number of rotatable bonds is 5. The van der Waals surface area contributed by atoms with Crippen molar-refractivity contribution in [3.05, 3.63) is 57.9 Å². The van der Waals surface area contributed by atoms with E-state index >= 15 is 0 Å². The van der Waals surface area contributed by atoms with Gasteiger partial charge in [-0.15, -0.1) is 0 Å². The number of nitrogens with one attached hydrogen (secondary N) is 2. The lowest BCUT2D eigenvalue weighted by atomic mass is 9.88. The van der Waals surface area contributed by atoms with E-state index in [4.69, 9.17) is 15.5 Å². The van der Waals surface area contributed by atoms with Gasteiger partial charge in [0.1, 0.15) is 5.69 Å². The van der Waals surface area contributed by atoms with Crippen molar-refractivity contribution < 1.29 is 14.3 Å². The normalized spacial score (nSPS) is 24.5. The fraction of sp³-hybridized carbons (Fsp3) is 0.435. The highest BCUT2D eigenvalue weighted by atomic mass is 16.5. The summed E-state index contributed by atoms with van der Waals surface area (Å²) in [5, 5.41) is 6.09. The van der Waals surface area contributed by atoms with Crippen molar-refractivity contribution in [2.45, 2.75) is 25.2 Å². The van der Waals surface area contributed by atoms with Crippen molar-refractivity contribution in [2.24, 2.45) is 17.6 Å². The van der Waals surface area contributed by atoms with E-state index in [2.05, 4.69) is 29.7 Å². The molecule has 1 aliphatic carbocycles. The van der Waals surface area contributed by atoms with Crippen LogP contribution < -0.4 is 16.4 Å². The molecule has 2 aromatic rings. The predicted molar refractivity (Wildman–Crippen MR) is 113 cm³/mol. The zero-order valence-electron chi connectivity index (χ0n) is 17.2. The molecule has 1 unspecified atom stereocenters. The number of nitrogens with zero attached hydrogens (tertiary/aromatic N) is 1. The number of pyridine rings is 1. The monoisotopic (exact) mass is 406 g/mol. The topological polar surface area (TPSA) is 106 Å². The van der Waals surface area contributed by atoms with Gasteiger partial charge in [-0.2, -0.15) is 0 Å². The van der Waals surface area contributed by atoms with Crippen LogP contribution in [0, 0.1) is 11.8 Å². The smallest absolute Gasteiger partial charge is 0.269 e. The maximum Gasteiger partial charge on any atom is 0.269 e. The third kappa shape index (κ3) is 2.88. The van der Waals surface area contributed by atoms with Crippen molar-refractivity contribution >= 4 is 17.5 Å². The van der Waals surface area contributed by atoms with Gasteiger partial charge >= 0.3 is 0 Å². The summed E-state index contributed by atoms with van der Waals surface area (Å²) >= 11 is 0. The Morgan fingerprint density at radius 1 is 1.30 bits per heavy atom. The van der Waals surface area contributed by atoms with E-state index in [-0.39, 0.29) is 17.7 Å². The fourth-order valence-corrected chi connectivity index (χ4v) is 5.23. The first-order valence-electron chi connectivity index (χ1n) is 10.5. The lowest BCUT2D eigenvalue weighted by Gasteiger charge is -2.20. The molecule has 2 fully saturated rings. The van der Waals surface area contributed by atoms with Gasteiger partial charge in [-0.3, -0.25) is 9.59 Å². The molecule has 1 aromatic carbocycles. The SMILES string of the molecule is CNC(=O)c1nc([C@@H](C)c2cccc3c2CCN3)cc(C(N)=O)c1C1[C@H]2COC[C@@H]12. The van der Waals surface area contributed by atoms with E-state index in [1.807, 2.05) is 6.07 Å². The van der Waals surface area contributed by atoms with E-state index in [1.165, 1.54) is 5.56 Å². The maximum atomic E-state index is 12.8. The number of hydrogen-bond acceptors (Lipinski definition) is 5. The number of hydrogen-bond donors (Lipinski definition) is 3. The number of ether oxygens (including phenoxy) is 1. The van der Waals surface area contributed by atoms with Gasteiger partial charge in [0.2, 0.25) is 5.91 Å². The van der Waals surface area contributed by atoms with Gasteiger partial charge in [-0.25, -0.2) is 4.98 Å². The van der Waals surface area contributed by atoms with E-state index < -0.39 is 5.91 Å². The summed E-state index contributed by atoms with van der Waals surface area (Å²) in [7, 11) is 1.58. The lowest BCUT2D eigenvalue weighted by Crippen LogP contribution is -2.26. The fourth-order valence-electron chi connectivity index (χ4n) is 5.23. The molecule has 0 bridgehead atoms. The van der Waals surface area contributed by atoms with Gasteiger partial charge in [-0.1, -0.05) is 19.1 Å². The molecule has 4 N–H and O–H groups in total. The average Bonchev–Trinajstić information content (AvgIpc) is 3.12. The summed E-state index contributed by atoms with van der Waals surface area (Å²) in [5.74, 6) is -0.0997. The van der Waals surface area contributed by atoms with Crippen LogP contribution in [0.15, 0.2) is 24.3 Å². The molecular formula is C23H26N4O3. The summed E-state index contributed by atoms with van der Waals surface area (Å²) in [6.07, 6.45) is 0.949. The molecule has 3 heterocycles. The van der Waals surface area contributed by atoms with Crippen molar-refractivity contribution in [3.8, 4) is 0 Å². The highest BCUT2D eigenvalue weighted by Gasteiger charge is 2.56. The van der Waals surface area contributed by atoms with Crippen LogP contribution in [0.2, 0.25) is 0 Å². The molecule has 1 saturated carbocycles. The Bertz CT molecular complexity index is 1040. The number of nitrogens with two attached hydrogens (primary N) is 1. The number of primary amides is 1. The van der Waals surface area contributed by atoms with Crippen molar-refractivity contribution in [2.75, 3.05) is 32.1 Å². The zero-order valence-corrected chi connectivity index (χ0v) is 17.2. The molecule has 1 saturated heterocycles. The molecule has 3 aliphatic rings. The molecule has 0 radical (unpaired) electrons. The minimum absolute atomic E-state index is 0.0718. The van der Waals surface area contributed by atoms with Crippen LogP contribution in [0.3, 0.4) is 0 Å². The Kier molecular flexibility index (Phi) is 4.50. The van der Waals surface area contributed by atoms with Gasteiger partial charge in [0.15, 0.2) is 0 Å². The number of amides is 2. The van der Waals surface area contributed by atoms with E-state index in [1.54, 1.807) is 13.1 Å². The first kappa shape index (κ1) is 19.1. The van der Waals surface area contributed by atoms with Gasteiger partial charge in [0.25, 0.3) is 5.91 Å². The van der Waals surface area contributed by atoms with Crippen LogP contribution in [0.4, 0.5) is 5.69 Å². The summed E-state index contributed by atoms with van der Waals surface area (Å²) in [4.78, 5) is 30.0. The summed E-state index contributed by atoms with van der Waals surface area (Å²) in [6, 6.07) is 7.99. The molecular weight excluding hydrogens is 380 g/mol. The first-order valence-corrected chi connectivity index (χ1v) is 10.5. The highest BCUT2D eigenvalue weighted by molar-refractivity contribution is 6.01. The van der Waals surface area contributed by atoms with Crippen LogP contribution in [0.5, 0.6) is 0 Å². The second kappa shape index (κ2) is 7.09. The Morgan fingerprint density at radius 3 is 2.77 bits per heavy atom. The Hall–Kier alpha value is -2.93. The van der Waals surface area contributed by atoms with Crippen LogP contribution in [0.1, 0.15) is 62.0 Å². The number of carbonyl (C=O) groups is 2. The molecule has 156 valence electrons. The molecule has 7 nitrogen and oxygen atoms in total. The van der Waals surface area contributed by atoms with Crippen LogP contribution >= 0.6 is 0 Å². The van der Waals surface area contributed by atoms with E-state index in [0.717, 1.165) is 24.2 Å². The highest BCUT2D eigenvalue weighted by Crippen LogP contribution is 2.58. The van der Waals surface area contributed by atoms with Crippen molar-refractivity contribution in [1.82, 2.24) is 10.3 Å². The minimum atomic E-state index is -0.517. The molecule has 2 aliphatic heterocycles. The Balaban J connectivity index is 1.63. The molecule has 7 heteroatoms. The second-order valence-electron chi connectivity index (χ2n) is 8.46. The standard InChI is InChI=1S/C23H26N4O3/c1-11(12-4-3-5-17-13(12)6-7-26-17)18-8-14(22(24)28)20(21(27-18)23(29)25-2)19-15-9-30-10-16(15)19/h3-5,8,11,15-16,19,26H,6-7,9-10H2,1-2H3,(H2,24,28)(H,25,29)/t11-,15-,16+,19?/m0/s1. The van der Waals surface area contributed by atoms with Crippen molar-refractivity contribution in [1.29, 1.82) is 0 Å². The third-order valence-corrected chi connectivity index (χ3v) is 6.88. The van der Waals surface area contributed by atoms with Gasteiger partial charge in [0, 0.05) is 42.0 Å². The van der Waals surface area contributed by atoms with Crippen LogP contribution in [-0.2, 0) is 11.2 Å². The molecule has 2 amide bonds. The number of anilines is 1. The minimum Gasteiger partial charge on any atom is -0.384 e. The summed E-state index contributed by atoms with van der Waals surface area (Å²) in [6.45, 7) is 4.28. The van der Waals surface area contributed by atoms with Crippen LogP contribution in [-0.4, -0.2) is 43.6 Å². The second-order valence-corrected chi connectivity index (χ2v) is 8.46. The number of benzene rings is 1. The van der Waals surface area contributed by atoms with E-state index in [9.17, 15) is 9.59 Å². The first-order chi connectivity index (χ1) is 14.5. The van der Waals surface area contributed by atoms with Crippen molar-refractivity contribution in [3.63, 3.8) is 0 Å². The number of aromatic nitrogens is 1. The van der Waals surface area contributed by atoms with E-state index in [0.29, 0.717) is 47.6 Å². The lowest BCUT2D eigenvalue weighted by molar-refractivity contribution is 0.0955. The predicted octanol–water partition coefficient (Wildman–Crippen LogP) is 2.02. The third-order valence-electron chi connectivity index (χ3n) is 6.88. The largest absolute Gasteiger partial charge is 0.384 e. The molecule has 0 spiro atoms. The quantitative estimate of drug-likeness (QED) is 0.704. The summed E-state index contributed by atoms with van der Waals surface area (Å²) < 4.78 is 5.50. The van der Waals surface area contributed by atoms with Crippen LogP contribution in [0.25, 0.3) is 0 Å². The molecule has 5 rings (SSSR count). The van der Waals surface area contributed by atoms with Gasteiger partial charge in [0.05, 0.1) is 13.2 Å². The average molecular weight is 406 g/mol. The molecule has 30 heavy (non-hydrogen) atoms. The van der Waals surface area contributed by atoms with Gasteiger partial charge < -0.3 is 21.1 Å². The Labute approximate surface area is 175 Å². The number of fused-ring (bicyclic) bond motifs is 2. The molecule has 1 aromatic heterocycles. The van der Waals surface area contributed by atoms with Gasteiger partial charge in [-0.05, 0) is 47.4 Å². The maximum absolute atomic E-state index is 12.8. The zero-order chi connectivity index (χ0) is 21.0. The molecule has 4 atom stereocenters. The Morgan fingerprint density at radius 2 is 2.07 bits per heavy atom.